The number of sulfonamides is 1. The summed E-state index contributed by atoms with van der Waals surface area (Å²) in [5.41, 5.74) is 1.01. The number of carbonyl (C=O) groups is 1. The van der Waals surface area contributed by atoms with E-state index in [2.05, 4.69) is 15.5 Å². The summed E-state index contributed by atoms with van der Waals surface area (Å²) in [5, 5.41) is 22.3. The number of non-ortho nitro benzene ring substituents is 1. The number of carbonyl (C=O) groups excluding carboxylic acids is 1. The van der Waals surface area contributed by atoms with Crippen molar-refractivity contribution in [3.05, 3.63) is 75.7 Å². The Hall–Kier alpha value is -3.90. The van der Waals surface area contributed by atoms with Gasteiger partial charge in [-0.25, -0.2) is 8.42 Å². The normalized spacial score (nSPS) is 15.4. The maximum atomic E-state index is 12.6. The van der Waals surface area contributed by atoms with Gasteiger partial charge in [-0.2, -0.15) is 4.31 Å². The van der Waals surface area contributed by atoms with Crippen LogP contribution in [0.4, 0.5) is 11.7 Å². The number of rotatable bonds is 7. The molecule has 0 spiro atoms. The molecule has 34 heavy (non-hydrogen) atoms. The first-order valence-electron chi connectivity index (χ1n) is 10.4. The lowest BCUT2D eigenvalue weighted by Gasteiger charge is -2.29. The Morgan fingerprint density at radius 2 is 1.85 bits per heavy atom. The molecule has 1 aromatic heterocycles. The van der Waals surface area contributed by atoms with Crippen molar-refractivity contribution in [2.24, 2.45) is 5.92 Å². The Labute approximate surface area is 195 Å². The highest BCUT2D eigenvalue weighted by Crippen LogP contribution is 2.25. The Kier molecular flexibility index (Phi) is 6.80. The van der Waals surface area contributed by atoms with E-state index in [1.165, 1.54) is 27.9 Å². The standard InChI is InChI=1S/C22H21N5O6S/c28-20(23-22-25-24-21(33-22)18-7-4-8-19(15-18)27(29)30)17-9-12-26(13-10-17)34(31,32)14-11-16-5-2-1-3-6-16/h1-8,11,14-15,17H,9-10,12-13H2,(H,23,25,28)/b14-11+. The minimum atomic E-state index is -3.59. The molecule has 0 aliphatic carbocycles. The van der Waals surface area contributed by atoms with Crippen LogP contribution < -0.4 is 5.32 Å². The number of hydrogen-bond acceptors (Lipinski definition) is 8. The van der Waals surface area contributed by atoms with Crippen LogP contribution in [0, 0.1) is 16.0 Å². The van der Waals surface area contributed by atoms with Crippen LogP contribution in [0.1, 0.15) is 18.4 Å². The molecule has 1 N–H and O–H groups in total. The van der Waals surface area contributed by atoms with Crippen molar-refractivity contribution < 1.29 is 22.6 Å². The molecular formula is C22H21N5O6S. The zero-order valence-corrected chi connectivity index (χ0v) is 18.7. The number of anilines is 1. The molecule has 0 bridgehead atoms. The summed E-state index contributed by atoms with van der Waals surface area (Å²) in [7, 11) is -3.59. The fourth-order valence-electron chi connectivity index (χ4n) is 3.54. The maximum absolute atomic E-state index is 12.6. The van der Waals surface area contributed by atoms with Crippen molar-refractivity contribution in [2.45, 2.75) is 12.8 Å². The Morgan fingerprint density at radius 3 is 2.56 bits per heavy atom. The van der Waals surface area contributed by atoms with Gasteiger partial charge in [-0.05, 0) is 30.5 Å². The van der Waals surface area contributed by atoms with Gasteiger partial charge < -0.3 is 4.42 Å². The van der Waals surface area contributed by atoms with E-state index in [9.17, 15) is 23.3 Å². The number of piperidine rings is 1. The highest BCUT2D eigenvalue weighted by molar-refractivity contribution is 7.92. The summed E-state index contributed by atoms with van der Waals surface area (Å²) in [6.45, 7) is 0.421. The van der Waals surface area contributed by atoms with E-state index in [4.69, 9.17) is 4.42 Å². The van der Waals surface area contributed by atoms with Crippen molar-refractivity contribution in [1.29, 1.82) is 0 Å². The fraction of sp³-hybridized carbons (Fsp3) is 0.227. The third-order valence-electron chi connectivity index (χ3n) is 5.38. The number of nitrogens with zero attached hydrogens (tertiary/aromatic N) is 4. The van der Waals surface area contributed by atoms with E-state index in [-0.39, 0.29) is 36.6 Å². The zero-order chi connectivity index (χ0) is 24.1. The van der Waals surface area contributed by atoms with Crippen LogP contribution in [0.25, 0.3) is 17.5 Å². The molecule has 176 valence electrons. The van der Waals surface area contributed by atoms with Crippen molar-refractivity contribution >= 4 is 33.7 Å². The highest BCUT2D eigenvalue weighted by Gasteiger charge is 2.30. The lowest BCUT2D eigenvalue weighted by molar-refractivity contribution is -0.384. The molecule has 12 heteroatoms. The van der Waals surface area contributed by atoms with Crippen LogP contribution in [0.2, 0.25) is 0 Å². The fourth-order valence-corrected chi connectivity index (χ4v) is 4.76. The first-order chi connectivity index (χ1) is 16.3. The second kappa shape index (κ2) is 9.93. The Balaban J connectivity index is 1.33. The highest BCUT2D eigenvalue weighted by atomic mass is 32.2. The summed E-state index contributed by atoms with van der Waals surface area (Å²) < 4.78 is 32.0. The van der Waals surface area contributed by atoms with Gasteiger partial charge in [0.15, 0.2) is 0 Å². The lowest BCUT2D eigenvalue weighted by Crippen LogP contribution is -2.40. The molecule has 1 saturated heterocycles. The molecule has 3 aromatic rings. The van der Waals surface area contributed by atoms with E-state index in [1.807, 2.05) is 30.3 Å². The third-order valence-corrected chi connectivity index (χ3v) is 6.94. The van der Waals surface area contributed by atoms with Crippen LogP contribution in [-0.2, 0) is 14.8 Å². The number of aromatic nitrogens is 2. The number of nitro benzene ring substituents is 1. The largest absolute Gasteiger partial charge is 0.403 e. The molecule has 1 fully saturated rings. The van der Waals surface area contributed by atoms with Crippen LogP contribution in [0.3, 0.4) is 0 Å². The number of nitrogens with one attached hydrogen (secondary N) is 1. The van der Waals surface area contributed by atoms with Crippen LogP contribution in [0.15, 0.2) is 64.4 Å². The molecule has 4 rings (SSSR count). The molecule has 1 amide bonds. The minimum absolute atomic E-state index is 0.0325. The molecule has 11 nitrogen and oxygen atoms in total. The topological polar surface area (TPSA) is 149 Å². The molecule has 0 saturated carbocycles. The molecule has 1 aliphatic heterocycles. The van der Waals surface area contributed by atoms with Crippen molar-refractivity contribution in [3.63, 3.8) is 0 Å². The third kappa shape index (κ3) is 5.53. The first-order valence-corrected chi connectivity index (χ1v) is 11.9. The predicted molar refractivity (Wildman–Crippen MR) is 124 cm³/mol. The predicted octanol–water partition coefficient (Wildman–Crippen LogP) is 3.30. The maximum Gasteiger partial charge on any atom is 0.322 e. The number of benzene rings is 2. The van der Waals surface area contributed by atoms with E-state index in [0.29, 0.717) is 18.4 Å². The van der Waals surface area contributed by atoms with Crippen molar-refractivity contribution in [2.75, 3.05) is 18.4 Å². The number of amides is 1. The van der Waals surface area contributed by atoms with Gasteiger partial charge in [-0.3, -0.25) is 20.2 Å². The molecule has 1 aliphatic rings. The average molecular weight is 484 g/mol. The minimum Gasteiger partial charge on any atom is -0.403 e. The van der Waals surface area contributed by atoms with E-state index in [1.54, 1.807) is 12.1 Å². The molecule has 0 unspecified atom stereocenters. The molecular weight excluding hydrogens is 462 g/mol. The first kappa shape index (κ1) is 23.3. The van der Waals surface area contributed by atoms with Crippen molar-refractivity contribution in [3.8, 4) is 11.5 Å². The quantitative estimate of drug-likeness (QED) is 0.397. The van der Waals surface area contributed by atoms with Gasteiger partial charge in [0.1, 0.15) is 0 Å². The van der Waals surface area contributed by atoms with E-state index >= 15 is 0 Å². The lowest BCUT2D eigenvalue weighted by atomic mass is 9.97. The van der Waals surface area contributed by atoms with Gasteiger partial charge in [0.25, 0.3) is 5.69 Å². The van der Waals surface area contributed by atoms with Crippen LogP contribution >= 0.6 is 0 Å². The van der Waals surface area contributed by atoms with Gasteiger partial charge >= 0.3 is 6.01 Å². The van der Waals surface area contributed by atoms with Crippen molar-refractivity contribution in [1.82, 2.24) is 14.5 Å². The molecule has 0 radical (unpaired) electrons. The van der Waals surface area contributed by atoms with Gasteiger partial charge in [-0.15, -0.1) is 5.10 Å². The van der Waals surface area contributed by atoms with Gasteiger partial charge in [0, 0.05) is 42.1 Å². The Bertz CT molecular complexity index is 1310. The summed E-state index contributed by atoms with van der Waals surface area (Å²) in [5.74, 6) is -0.742. The van der Waals surface area contributed by atoms with E-state index < -0.39 is 20.9 Å². The second-order valence-corrected chi connectivity index (χ2v) is 9.46. The number of hydrogen-bond donors (Lipinski definition) is 1. The summed E-state index contributed by atoms with van der Waals surface area (Å²) in [6.07, 6.45) is 2.23. The summed E-state index contributed by atoms with van der Waals surface area (Å²) >= 11 is 0. The van der Waals surface area contributed by atoms with Gasteiger partial charge in [0.2, 0.25) is 21.8 Å². The SMILES string of the molecule is O=C(Nc1nnc(-c2cccc([N+](=O)[O-])c2)o1)C1CCN(S(=O)(=O)/C=C/c2ccccc2)CC1. The van der Waals surface area contributed by atoms with Crippen LogP contribution in [-0.4, -0.2) is 46.8 Å². The number of nitro groups is 1. The van der Waals surface area contributed by atoms with Crippen LogP contribution in [0.5, 0.6) is 0 Å². The Morgan fingerprint density at radius 1 is 1.12 bits per heavy atom. The summed E-state index contributed by atoms with van der Waals surface area (Å²) in [6, 6.07) is 14.7. The summed E-state index contributed by atoms with van der Waals surface area (Å²) in [4.78, 5) is 23.0. The second-order valence-electron chi connectivity index (χ2n) is 7.64. The van der Waals surface area contributed by atoms with Gasteiger partial charge in [-0.1, -0.05) is 41.5 Å². The average Bonchev–Trinajstić information content (AvgIpc) is 3.32. The monoisotopic (exact) mass is 483 g/mol. The molecule has 2 heterocycles. The van der Waals surface area contributed by atoms with Gasteiger partial charge in [0.05, 0.1) is 4.92 Å². The molecule has 2 aromatic carbocycles. The van der Waals surface area contributed by atoms with E-state index in [0.717, 1.165) is 5.56 Å². The molecule has 0 atom stereocenters. The smallest absolute Gasteiger partial charge is 0.322 e. The zero-order valence-electron chi connectivity index (χ0n) is 17.9.